The van der Waals surface area contributed by atoms with E-state index in [1.165, 1.54) is 29.3 Å². The Hall–Kier alpha value is -1.84. The first kappa shape index (κ1) is 19.9. The Kier molecular flexibility index (Phi) is 6.56. The summed E-state index contributed by atoms with van der Waals surface area (Å²) in [6.45, 7) is 0.665. The Bertz CT molecular complexity index is 718. The fraction of sp³-hybridized carbons (Fsp3) is 0.529. The fourth-order valence-corrected chi connectivity index (χ4v) is 3.49. The van der Waals surface area contributed by atoms with E-state index in [4.69, 9.17) is 38.0 Å². The van der Waals surface area contributed by atoms with Gasteiger partial charge in [0.1, 0.15) is 18.3 Å². The number of ether oxygens (including phenoxy) is 3. The first-order valence-electron chi connectivity index (χ1n) is 8.67. The number of rotatable bonds is 3. The van der Waals surface area contributed by atoms with Gasteiger partial charge in [-0.1, -0.05) is 11.6 Å². The van der Waals surface area contributed by atoms with Crippen LogP contribution in [0.25, 0.3) is 0 Å². The van der Waals surface area contributed by atoms with Crippen molar-refractivity contribution in [2.75, 3.05) is 32.3 Å². The summed E-state index contributed by atoms with van der Waals surface area (Å²) in [5, 5.41) is 5.75. The highest BCUT2D eigenvalue weighted by molar-refractivity contribution is 7.80. The van der Waals surface area contributed by atoms with Crippen LogP contribution in [0, 0.1) is 5.82 Å². The normalized spacial score (nSPS) is 17.7. The summed E-state index contributed by atoms with van der Waals surface area (Å²) in [5.74, 6) is -0.182. The molecule has 1 saturated heterocycles. The van der Waals surface area contributed by atoms with Gasteiger partial charge in [-0.25, -0.2) is 19.2 Å². The van der Waals surface area contributed by atoms with Gasteiger partial charge in [-0.2, -0.15) is 0 Å². The summed E-state index contributed by atoms with van der Waals surface area (Å²) in [6.07, 6.45) is 3.62. The van der Waals surface area contributed by atoms with Gasteiger partial charge in [0, 0.05) is 6.07 Å². The lowest BCUT2D eigenvalue weighted by atomic mass is 10.2. The van der Waals surface area contributed by atoms with Crippen LogP contribution in [0.5, 0.6) is 5.75 Å². The lowest BCUT2D eigenvalue weighted by molar-refractivity contribution is -0.0963. The number of nitrogens with zero attached hydrogens (tertiary/aromatic N) is 2. The second-order valence-corrected chi connectivity index (χ2v) is 7.04. The van der Waals surface area contributed by atoms with Crippen molar-refractivity contribution in [3.05, 3.63) is 23.0 Å². The van der Waals surface area contributed by atoms with E-state index in [0.717, 1.165) is 25.7 Å². The molecule has 1 N–H and O–H groups in total. The van der Waals surface area contributed by atoms with Gasteiger partial charge in [0.05, 0.1) is 37.1 Å². The second-order valence-electron chi connectivity index (χ2n) is 6.25. The topological polar surface area (TPSA) is 63.3 Å². The van der Waals surface area contributed by atoms with Crippen LogP contribution >= 0.6 is 23.8 Å². The average Bonchev–Trinajstić information content (AvgIpc) is 3.18. The van der Waals surface area contributed by atoms with Crippen molar-refractivity contribution in [3.8, 4) is 5.75 Å². The van der Waals surface area contributed by atoms with E-state index in [1.54, 1.807) is 0 Å². The third-order valence-electron chi connectivity index (χ3n) is 4.43. The third kappa shape index (κ3) is 4.72. The molecule has 1 aromatic carbocycles. The number of hydrazine groups is 1. The number of hydrogen-bond donors (Lipinski definition) is 1. The van der Waals surface area contributed by atoms with Gasteiger partial charge in [-0.3, -0.25) is 0 Å². The average molecular weight is 418 g/mol. The second kappa shape index (κ2) is 8.90. The van der Waals surface area contributed by atoms with E-state index in [0.29, 0.717) is 12.4 Å². The number of anilines is 1. The highest BCUT2D eigenvalue weighted by Crippen LogP contribution is 2.34. The Balaban J connectivity index is 1.75. The molecule has 1 aliphatic carbocycles. The molecule has 0 bridgehead atoms. The van der Waals surface area contributed by atoms with Crippen molar-refractivity contribution in [3.63, 3.8) is 0 Å². The molecule has 0 atom stereocenters. The molecule has 0 spiro atoms. The number of carbonyl (C=O) groups excluding carboxylic acids is 1. The summed E-state index contributed by atoms with van der Waals surface area (Å²) >= 11 is 11.4. The van der Waals surface area contributed by atoms with Gasteiger partial charge in [0.2, 0.25) is 0 Å². The monoisotopic (exact) mass is 417 g/mol. The lowest BCUT2D eigenvalue weighted by Crippen LogP contribution is -2.56. The van der Waals surface area contributed by atoms with Crippen molar-refractivity contribution >= 4 is 40.7 Å². The van der Waals surface area contributed by atoms with Crippen LogP contribution in [0.15, 0.2) is 12.1 Å². The standard InChI is InChI=1S/C17H21ClFN3O4S/c1-24-17(23)21-6-7-25-10-22(21)16(27)20-14-9-15(12(18)8-13(14)19)26-11-4-2-3-5-11/h8-9,11H,2-7,10H2,1H3,(H,20,27). The van der Waals surface area contributed by atoms with Crippen molar-refractivity contribution in [1.29, 1.82) is 0 Å². The first-order valence-corrected chi connectivity index (χ1v) is 9.45. The number of nitrogens with one attached hydrogen (secondary N) is 1. The summed E-state index contributed by atoms with van der Waals surface area (Å²) in [6, 6.07) is 2.66. The minimum atomic E-state index is -0.580. The van der Waals surface area contributed by atoms with Crippen molar-refractivity contribution < 1.29 is 23.4 Å². The highest BCUT2D eigenvalue weighted by Gasteiger charge is 2.28. The molecule has 1 aliphatic heterocycles. The SMILES string of the molecule is COC(=O)N1CCOCN1C(=S)Nc1cc(OC2CCCC2)c(Cl)cc1F. The van der Waals surface area contributed by atoms with Gasteiger partial charge < -0.3 is 19.5 Å². The molecule has 2 fully saturated rings. The van der Waals surface area contributed by atoms with Crippen LogP contribution in [0.3, 0.4) is 0 Å². The summed E-state index contributed by atoms with van der Waals surface area (Å²) in [4.78, 5) is 11.9. The minimum Gasteiger partial charge on any atom is -0.489 e. The molecule has 1 aromatic rings. The predicted octanol–water partition coefficient (Wildman–Crippen LogP) is 3.77. The molecule has 27 heavy (non-hydrogen) atoms. The van der Waals surface area contributed by atoms with Crippen LogP contribution in [0.4, 0.5) is 14.9 Å². The maximum absolute atomic E-state index is 14.4. The van der Waals surface area contributed by atoms with E-state index < -0.39 is 11.9 Å². The van der Waals surface area contributed by atoms with E-state index in [2.05, 4.69) is 5.32 Å². The Morgan fingerprint density at radius 1 is 1.37 bits per heavy atom. The molecule has 0 unspecified atom stereocenters. The van der Waals surface area contributed by atoms with E-state index in [9.17, 15) is 9.18 Å². The van der Waals surface area contributed by atoms with Crippen molar-refractivity contribution in [2.24, 2.45) is 0 Å². The Morgan fingerprint density at radius 3 is 2.81 bits per heavy atom. The quantitative estimate of drug-likeness (QED) is 0.751. The zero-order chi connectivity index (χ0) is 19.4. The fourth-order valence-electron chi connectivity index (χ4n) is 3.04. The predicted molar refractivity (Wildman–Crippen MR) is 102 cm³/mol. The number of halogens is 2. The molecule has 1 saturated carbocycles. The zero-order valence-electron chi connectivity index (χ0n) is 14.9. The molecular formula is C17H21ClFN3O4S. The maximum Gasteiger partial charge on any atom is 0.428 e. The smallest absolute Gasteiger partial charge is 0.428 e. The minimum absolute atomic E-state index is 0.0432. The number of amides is 1. The third-order valence-corrected chi connectivity index (χ3v) is 5.04. The molecule has 10 heteroatoms. The molecule has 0 aromatic heterocycles. The van der Waals surface area contributed by atoms with Crippen molar-refractivity contribution in [1.82, 2.24) is 10.0 Å². The largest absolute Gasteiger partial charge is 0.489 e. The molecule has 3 rings (SSSR count). The van der Waals surface area contributed by atoms with Gasteiger partial charge in [-0.15, -0.1) is 0 Å². The van der Waals surface area contributed by atoms with Crippen molar-refractivity contribution in [2.45, 2.75) is 31.8 Å². The Labute approximate surface area is 167 Å². The van der Waals surface area contributed by atoms with Crippen LogP contribution < -0.4 is 10.1 Å². The number of thiocarbonyl (C=S) groups is 1. The van der Waals surface area contributed by atoms with Crippen LogP contribution in [-0.4, -0.2) is 54.3 Å². The molecule has 148 valence electrons. The van der Waals surface area contributed by atoms with Gasteiger partial charge in [-0.05, 0) is 44.0 Å². The molecule has 2 aliphatic rings. The van der Waals surface area contributed by atoms with E-state index in [1.807, 2.05) is 0 Å². The maximum atomic E-state index is 14.4. The summed E-state index contributed by atoms with van der Waals surface area (Å²) in [5.41, 5.74) is 0.104. The number of carbonyl (C=O) groups is 1. The van der Waals surface area contributed by atoms with Gasteiger partial charge in [0.15, 0.2) is 5.11 Å². The number of methoxy groups -OCH3 is 1. The van der Waals surface area contributed by atoms with E-state index >= 15 is 0 Å². The van der Waals surface area contributed by atoms with Gasteiger partial charge in [0.25, 0.3) is 0 Å². The number of benzene rings is 1. The Morgan fingerprint density at radius 2 is 2.11 bits per heavy atom. The molecule has 0 radical (unpaired) electrons. The van der Waals surface area contributed by atoms with Gasteiger partial charge >= 0.3 is 6.09 Å². The highest BCUT2D eigenvalue weighted by atomic mass is 35.5. The zero-order valence-corrected chi connectivity index (χ0v) is 16.4. The lowest BCUT2D eigenvalue weighted by Gasteiger charge is -2.38. The number of hydrogen-bond acceptors (Lipinski definition) is 5. The summed E-state index contributed by atoms with van der Waals surface area (Å²) < 4.78 is 30.4. The van der Waals surface area contributed by atoms with Crippen LogP contribution in [0.1, 0.15) is 25.7 Å². The van der Waals surface area contributed by atoms with Crippen LogP contribution in [-0.2, 0) is 9.47 Å². The summed E-state index contributed by atoms with van der Waals surface area (Å²) in [7, 11) is 1.28. The molecule has 1 heterocycles. The first-order chi connectivity index (χ1) is 13.0. The van der Waals surface area contributed by atoms with E-state index in [-0.39, 0.29) is 35.2 Å². The molecular weight excluding hydrogens is 397 g/mol. The van der Waals surface area contributed by atoms with Crippen LogP contribution in [0.2, 0.25) is 5.02 Å². The molecule has 7 nitrogen and oxygen atoms in total. The molecule has 1 amide bonds.